The van der Waals surface area contributed by atoms with E-state index in [9.17, 15) is 0 Å². The summed E-state index contributed by atoms with van der Waals surface area (Å²) in [5.41, 5.74) is 0.0972. The minimum Gasteiger partial charge on any atom is -0.397 e. The first-order valence-corrected chi connectivity index (χ1v) is 10.5. The second-order valence-electron chi connectivity index (χ2n) is 8.65. The number of hydrogen-bond donors (Lipinski definition) is 5. The average Bonchev–Trinajstić information content (AvgIpc) is 3.06. The number of aliphatic hydroxyl groups is 5. The molecule has 170 valence electrons. The third-order valence-electron chi connectivity index (χ3n) is 3.77. The van der Waals surface area contributed by atoms with Crippen LogP contribution in [0.4, 0.5) is 0 Å². The maximum absolute atomic E-state index is 8.73. The maximum Gasteiger partial charge on any atom is 0.0540 e. The molecule has 5 heteroatoms. The van der Waals surface area contributed by atoms with Gasteiger partial charge in [-0.2, -0.15) is 0 Å². The maximum atomic E-state index is 8.73. The van der Waals surface area contributed by atoms with Crippen molar-refractivity contribution in [3.05, 3.63) is 0 Å². The molecule has 1 saturated carbocycles. The van der Waals surface area contributed by atoms with Gasteiger partial charge in [0.2, 0.25) is 0 Å². The van der Waals surface area contributed by atoms with E-state index in [1.165, 1.54) is 12.8 Å². The fraction of sp³-hybridized carbons (Fsp3) is 1.00. The fourth-order valence-electron chi connectivity index (χ4n) is 1.03. The Kier molecular flexibility index (Phi) is 30.3. The molecule has 0 aromatic carbocycles. The molecule has 0 aromatic rings. The molecule has 27 heavy (non-hydrogen) atoms. The van der Waals surface area contributed by atoms with E-state index in [1.807, 2.05) is 41.5 Å². The lowest BCUT2D eigenvalue weighted by Crippen LogP contribution is -2.09. The minimum absolute atomic E-state index is 0.0463. The zero-order chi connectivity index (χ0) is 22.5. The zero-order valence-corrected chi connectivity index (χ0v) is 19.7. The molecule has 0 aromatic heterocycles. The lowest BCUT2D eigenvalue weighted by Gasteiger charge is -2.11. The highest BCUT2D eigenvalue weighted by atomic mass is 16.3. The molecule has 0 radical (unpaired) electrons. The van der Waals surface area contributed by atoms with Gasteiger partial charge in [-0.1, -0.05) is 67.7 Å². The van der Waals surface area contributed by atoms with Crippen LogP contribution >= 0.6 is 0 Å². The molecule has 0 saturated heterocycles. The van der Waals surface area contributed by atoms with Gasteiger partial charge in [0.25, 0.3) is 0 Å². The highest BCUT2D eigenvalue weighted by molar-refractivity contribution is 4.63. The first kappa shape index (κ1) is 34.3. The fourth-order valence-corrected chi connectivity index (χ4v) is 1.03. The Hall–Kier alpha value is -0.200. The topological polar surface area (TPSA) is 101 Å². The van der Waals surface area contributed by atoms with Crippen molar-refractivity contribution in [2.24, 2.45) is 17.3 Å². The summed E-state index contributed by atoms with van der Waals surface area (Å²) in [4.78, 5) is 0. The monoisotopic (exact) mass is 396 g/mol. The molecule has 1 aliphatic carbocycles. The second kappa shape index (κ2) is 23.8. The first-order valence-electron chi connectivity index (χ1n) is 10.5. The Morgan fingerprint density at radius 2 is 1.19 bits per heavy atom. The normalized spacial score (nSPS) is 15.7. The molecule has 0 spiro atoms. The Labute approximate surface area is 169 Å². The van der Waals surface area contributed by atoms with Crippen molar-refractivity contribution in [3.8, 4) is 0 Å². The van der Waals surface area contributed by atoms with Gasteiger partial charge in [-0.15, -0.1) is 0 Å². The van der Waals surface area contributed by atoms with Gasteiger partial charge in [0.1, 0.15) is 0 Å². The van der Waals surface area contributed by atoms with E-state index in [-0.39, 0.29) is 30.8 Å². The summed E-state index contributed by atoms with van der Waals surface area (Å²) in [6.45, 7) is 18.4. The average molecular weight is 397 g/mol. The summed E-state index contributed by atoms with van der Waals surface area (Å²) >= 11 is 0. The molecule has 0 bridgehead atoms. The van der Waals surface area contributed by atoms with Crippen LogP contribution in [0.1, 0.15) is 94.4 Å². The predicted octanol–water partition coefficient (Wildman–Crippen LogP) is 3.99. The third-order valence-corrected chi connectivity index (χ3v) is 3.77. The molecule has 5 nitrogen and oxygen atoms in total. The molecule has 2 atom stereocenters. The van der Waals surface area contributed by atoms with Gasteiger partial charge in [0.05, 0.1) is 12.2 Å². The van der Waals surface area contributed by atoms with Gasteiger partial charge in [-0.3, -0.25) is 0 Å². The second-order valence-corrected chi connectivity index (χ2v) is 8.65. The van der Waals surface area contributed by atoms with Crippen LogP contribution in [-0.2, 0) is 0 Å². The van der Waals surface area contributed by atoms with Crippen LogP contribution in [0.25, 0.3) is 0 Å². The van der Waals surface area contributed by atoms with Crippen LogP contribution in [-0.4, -0.2) is 57.6 Å². The van der Waals surface area contributed by atoms with Crippen molar-refractivity contribution < 1.29 is 25.5 Å². The van der Waals surface area contributed by atoms with Crippen LogP contribution in [0.15, 0.2) is 0 Å². The van der Waals surface area contributed by atoms with E-state index in [1.54, 1.807) is 13.8 Å². The van der Waals surface area contributed by atoms with Crippen molar-refractivity contribution in [1.82, 2.24) is 0 Å². The molecular formula is C22H52O5. The number of hydrogen-bond acceptors (Lipinski definition) is 5. The van der Waals surface area contributed by atoms with Gasteiger partial charge >= 0.3 is 0 Å². The lowest BCUT2D eigenvalue weighted by atomic mass is 9.99. The Bertz CT molecular complexity index is 234. The van der Waals surface area contributed by atoms with Gasteiger partial charge in [-0.25, -0.2) is 0 Å². The van der Waals surface area contributed by atoms with Gasteiger partial charge in [0, 0.05) is 19.8 Å². The van der Waals surface area contributed by atoms with E-state index in [2.05, 4.69) is 6.92 Å². The van der Waals surface area contributed by atoms with Crippen molar-refractivity contribution in [2.45, 2.75) is 107 Å². The molecule has 5 N–H and O–H groups in total. The van der Waals surface area contributed by atoms with Crippen molar-refractivity contribution in [3.63, 3.8) is 0 Å². The number of aliphatic hydroxyl groups excluding tert-OH is 5. The van der Waals surface area contributed by atoms with Crippen LogP contribution < -0.4 is 0 Å². The van der Waals surface area contributed by atoms with Crippen LogP contribution in [0.5, 0.6) is 0 Å². The Balaban J connectivity index is -0.000000125. The Morgan fingerprint density at radius 1 is 0.889 bits per heavy atom. The van der Waals surface area contributed by atoms with E-state index < -0.39 is 0 Å². The van der Waals surface area contributed by atoms with Crippen LogP contribution in [0.3, 0.4) is 0 Å². The van der Waals surface area contributed by atoms with Gasteiger partial charge in [-0.05, 0) is 43.9 Å². The molecule has 1 fully saturated rings. The first-order chi connectivity index (χ1) is 12.3. The molecule has 1 rings (SSSR count). The smallest absolute Gasteiger partial charge is 0.0540 e. The predicted molar refractivity (Wildman–Crippen MR) is 117 cm³/mol. The molecule has 1 aliphatic rings. The van der Waals surface area contributed by atoms with E-state index in [0.717, 1.165) is 19.3 Å². The minimum atomic E-state index is -0.148. The van der Waals surface area contributed by atoms with Crippen molar-refractivity contribution in [1.29, 1.82) is 0 Å². The lowest BCUT2D eigenvalue weighted by molar-refractivity contribution is 0.144. The Morgan fingerprint density at radius 3 is 1.22 bits per heavy atom. The molecule has 2 unspecified atom stereocenters. The molecule has 0 amide bonds. The summed E-state index contributed by atoms with van der Waals surface area (Å²) < 4.78 is 0. The van der Waals surface area contributed by atoms with Crippen molar-refractivity contribution >= 4 is 0 Å². The van der Waals surface area contributed by atoms with E-state index in [0.29, 0.717) is 18.4 Å². The van der Waals surface area contributed by atoms with Gasteiger partial charge < -0.3 is 25.5 Å². The highest BCUT2D eigenvalue weighted by Crippen LogP contribution is 2.16. The summed E-state index contributed by atoms with van der Waals surface area (Å²) in [5, 5.41) is 41.7. The van der Waals surface area contributed by atoms with E-state index in [4.69, 9.17) is 25.5 Å². The van der Waals surface area contributed by atoms with E-state index >= 15 is 0 Å². The van der Waals surface area contributed by atoms with Crippen LogP contribution in [0.2, 0.25) is 0 Å². The van der Waals surface area contributed by atoms with Gasteiger partial charge in [0.15, 0.2) is 0 Å². The number of rotatable bonds is 3. The largest absolute Gasteiger partial charge is 0.397 e. The summed E-state index contributed by atoms with van der Waals surface area (Å²) in [7, 11) is 0. The summed E-state index contributed by atoms with van der Waals surface area (Å²) in [6, 6.07) is 0. The van der Waals surface area contributed by atoms with Crippen LogP contribution in [0, 0.1) is 17.3 Å². The highest BCUT2D eigenvalue weighted by Gasteiger charge is 2.09. The summed E-state index contributed by atoms with van der Waals surface area (Å²) in [6.07, 6.45) is 5.54. The van der Waals surface area contributed by atoms with Crippen molar-refractivity contribution in [2.75, 3.05) is 19.8 Å². The third kappa shape index (κ3) is 46.1. The SMILES string of the molecule is CC(C)(C)CO.CC(C)C(C)O.CCC(C)CO.CCO.OC1CCCC1. The standard InChI is InChI=1S/C5H10O.3C5H12O.C2H6O/c6-5-3-1-2-4-5;1-5(2,3)4-6;1-4(2)5(3)6;1-3-5(2)4-6;1-2-3/h5-6H,1-4H2;6H,4H2,1-3H3;4-6H,1-3H3;5-6H,3-4H2,1-2H3;3H,2H2,1H3. The zero-order valence-electron chi connectivity index (χ0n) is 19.7. The molecule has 0 heterocycles. The summed E-state index contributed by atoms with van der Waals surface area (Å²) in [5.74, 6) is 0.898. The quantitative estimate of drug-likeness (QED) is 0.496. The molecule has 0 aliphatic heterocycles. The molecular weight excluding hydrogens is 344 g/mol.